The first-order valence-electron chi connectivity index (χ1n) is 5.17. The summed E-state index contributed by atoms with van der Waals surface area (Å²) in [6.07, 6.45) is 5.65. The lowest BCUT2D eigenvalue weighted by atomic mass is 9.78. The third-order valence-electron chi connectivity index (χ3n) is 2.94. The summed E-state index contributed by atoms with van der Waals surface area (Å²) >= 11 is 6.10. The molecule has 2 nitrogen and oxygen atoms in total. The van der Waals surface area contributed by atoms with Gasteiger partial charge in [0.05, 0.1) is 5.03 Å². The van der Waals surface area contributed by atoms with Gasteiger partial charge in [-0.15, -0.1) is 0 Å². The molecule has 0 heterocycles. The van der Waals surface area contributed by atoms with Crippen molar-refractivity contribution in [3.63, 3.8) is 0 Å². The summed E-state index contributed by atoms with van der Waals surface area (Å²) in [7, 11) is 0. The molecular weight excluding hydrogens is 220 g/mol. The van der Waals surface area contributed by atoms with Crippen LogP contribution in [-0.4, -0.2) is 5.66 Å². The van der Waals surface area contributed by atoms with Crippen molar-refractivity contribution in [3.05, 3.63) is 59.2 Å². The molecule has 0 aromatic heterocycles. The maximum Gasteiger partial charge on any atom is 0.120 e. The molecule has 0 saturated heterocycles. The molecule has 3 heteroatoms. The molecule has 0 radical (unpaired) electrons. The molecule has 0 bridgehead atoms. The minimum atomic E-state index is -1.03. The molecule has 1 aliphatic rings. The van der Waals surface area contributed by atoms with E-state index in [1.807, 2.05) is 30.4 Å². The Morgan fingerprint density at radius 1 is 1.06 bits per heavy atom. The molecule has 4 N–H and O–H groups in total. The molecule has 2 rings (SSSR count). The van der Waals surface area contributed by atoms with Gasteiger partial charge in [-0.2, -0.15) is 0 Å². The highest BCUT2D eigenvalue weighted by Crippen LogP contribution is 2.35. The van der Waals surface area contributed by atoms with Crippen LogP contribution in [0.3, 0.4) is 0 Å². The average molecular weight is 235 g/mol. The number of hydrogen-bond donors (Lipinski definition) is 2. The van der Waals surface area contributed by atoms with Crippen LogP contribution in [0.25, 0.3) is 0 Å². The molecule has 16 heavy (non-hydrogen) atoms. The summed E-state index contributed by atoms with van der Waals surface area (Å²) in [5.41, 5.74) is 11.5. The molecule has 1 atom stereocenters. The van der Waals surface area contributed by atoms with Crippen LogP contribution in [-0.2, 0) is 5.41 Å². The van der Waals surface area contributed by atoms with Gasteiger partial charge in [0.1, 0.15) is 5.66 Å². The number of rotatable bonds is 1. The van der Waals surface area contributed by atoms with Crippen LogP contribution >= 0.6 is 11.6 Å². The van der Waals surface area contributed by atoms with Gasteiger partial charge in [0, 0.05) is 5.41 Å². The zero-order chi connectivity index (χ0) is 11.8. The maximum atomic E-state index is 6.10. The Kier molecular flexibility index (Phi) is 2.66. The van der Waals surface area contributed by atoms with Crippen LogP contribution in [0.1, 0.15) is 12.5 Å². The Hall–Kier alpha value is -1.09. The maximum absolute atomic E-state index is 6.10. The van der Waals surface area contributed by atoms with Crippen molar-refractivity contribution >= 4 is 11.6 Å². The molecule has 0 fully saturated rings. The summed E-state index contributed by atoms with van der Waals surface area (Å²) in [5, 5.41) is 0.473. The molecule has 84 valence electrons. The van der Waals surface area contributed by atoms with Crippen molar-refractivity contribution in [1.82, 2.24) is 0 Å². The lowest BCUT2D eigenvalue weighted by Crippen LogP contribution is -2.50. The second-order valence-electron chi connectivity index (χ2n) is 4.41. The van der Waals surface area contributed by atoms with Crippen molar-refractivity contribution < 1.29 is 0 Å². The molecule has 0 aliphatic heterocycles. The van der Waals surface area contributed by atoms with Crippen molar-refractivity contribution in [2.75, 3.05) is 0 Å². The lowest BCUT2D eigenvalue weighted by molar-refractivity contribution is 0.620. The quantitative estimate of drug-likeness (QED) is 0.579. The zero-order valence-electron chi connectivity index (χ0n) is 9.15. The minimum absolute atomic E-state index is 0.236. The van der Waals surface area contributed by atoms with Crippen molar-refractivity contribution in [1.29, 1.82) is 0 Å². The monoisotopic (exact) mass is 234 g/mol. The number of halogens is 1. The number of benzene rings is 1. The SMILES string of the molecule is CC1(c2ccccc2)C=CC(N)(N)C(Cl)=C1. The molecule has 0 amide bonds. The lowest BCUT2D eigenvalue weighted by Gasteiger charge is -2.32. The largest absolute Gasteiger partial charge is 0.306 e. The van der Waals surface area contributed by atoms with Crippen molar-refractivity contribution in [3.8, 4) is 0 Å². The summed E-state index contributed by atoms with van der Waals surface area (Å²) in [4.78, 5) is 0. The highest BCUT2D eigenvalue weighted by Gasteiger charge is 2.31. The number of nitrogens with two attached hydrogens (primary N) is 2. The van der Waals surface area contributed by atoms with E-state index in [4.69, 9.17) is 23.1 Å². The average Bonchev–Trinajstić information content (AvgIpc) is 2.26. The van der Waals surface area contributed by atoms with E-state index in [2.05, 4.69) is 19.1 Å². The van der Waals surface area contributed by atoms with Gasteiger partial charge in [-0.3, -0.25) is 0 Å². The number of allylic oxidation sites excluding steroid dienone is 2. The molecular formula is C13H15ClN2. The van der Waals surface area contributed by atoms with Crippen LogP contribution < -0.4 is 11.5 Å². The second kappa shape index (κ2) is 3.74. The second-order valence-corrected chi connectivity index (χ2v) is 4.81. The number of hydrogen-bond acceptors (Lipinski definition) is 2. The first-order valence-corrected chi connectivity index (χ1v) is 5.54. The summed E-state index contributed by atoms with van der Waals surface area (Å²) in [6.45, 7) is 2.08. The highest BCUT2D eigenvalue weighted by atomic mass is 35.5. The van der Waals surface area contributed by atoms with E-state index in [1.54, 1.807) is 6.08 Å². The molecule has 1 aliphatic carbocycles. The van der Waals surface area contributed by atoms with Gasteiger partial charge in [-0.05, 0) is 18.6 Å². The van der Waals surface area contributed by atoms with E-state index >= 15 is 0 Å². The van der Waals surface area contributed by atoms with E-state index in [-0.39, 0.29) is 5.41 Å². The van der Waals surface area contributed by atoms with Crippen LogP contribution in [0.15, 0.2) is 53.6 Å². The standard InChI is InChI=1S/C13H15ClN2/c1-12(10-5-3-2-4-6-10)7-8-13(15,16)11(14)9-12/h2-9H,15-16H2,1H3. The Morgan fingerprint density at radius 3 is 2.25 bits per heavy atom. The minimum Gasteiger partial charge on any atom is -0.306 e. The predicted molar refractivity (Wildman–Crippen MR) is 68.0 cm³/mol. The molecule has 1 unspecified atom stereocenters. The Labute approximate surface area is 101 Å². The van der Waals surface area contributed by atoms with Gasteiger partial charge in [-0.25, -0.2) is 0 Å². The van der Waals surface area contributed by atoms with Gasteiger partial charge in [0.15, 0.2) is 0 Å². The van der Waals surface area contributed by atoms with E-state index in [0.717, 1.165) is 0 Å². The topological polar surface area (TPSA) is 52.0 Å². The van der Waals surface area contributed by atoms with E-state index in [9.17, 15) is 0 Å². The van der Waals surface area contributed by atoms with Crippen LogP contribution in [0.2, 0.25) is 0 Å². The predicted octanol–water partition coefficient (Wildman–Crippen LogP) is 2.25. The smallest absolute Gasteiger partial charge is 0.120 e. The van der Waals surface area contributed by atoms with Gasteiger partial charge in [0.25, 0.3) is 0 Å². The Morgan fingerprint density at radius 2 is 1.69 bits per heavy atom. The third-order valence-corrected chi connectivity index (χ3v) is 3.38. The van der Waals surface area contributed by atoms with Crippen LogP contribution in [0.5, 0.6) is 0 Å². The van der Waals surface area contributed by atoms with E-state index < -0.39 is 5.66 Å². The Balaban J connectivity index is 2.44. The van der Waals surface area contributed by atoms with Gasteiger partial charge in [-0.1, -0.05) is 54.1 Å². The fourth-order valence-corrected chi connectivity index (χ4v) is 2.09. The first kappa shape index (κ1) is 11.4. The van der Waals surface area contributed by atoms with E-state index in [0.29, 0.717) is 5.03 Å². The summed E-state index contributed by atoms with van der Waals surface area (Å²) in [6, 6.07) is 10.1. The summed E-state index contributed by atoms with van der Waals surface area (Å²) < 4.78 is 0. The van der Waals surface area contributed by atoms with Crippen molar-refractivity contribution in [2.45, 2.75) is 18.0 Å². The Bertz CT molecular complexity index is 448. The molecule has 1 aromatic rings. The van der Waals surface area contributed by atoms with Crippen molar-refractivity contribution in [2.24, 2.45) is 11.5 Å². The van der Waals surface area contributed by atoms with Gasteiger partial charge < -0.3 is 11.5 Å². The fraction of sp³-hybridized carbons (Fsp3) is 0.231. The molecule has 1 aromatic carbocycles. The molecule has 0 saturated carbocycles. The fourth-order valence-electron chi connectivity index (χ4n) is 1.80. The summed E-state index contributed by atoms with van der Waals surface area (Å²) in [5.74, 6) is 0. The van der Waals surface area contributed by atoms with E-state index in [1.165, 1.54) is 5.56 Å². The first-order chi connectivity index (χ1) is 7.44. The zero-order valence-corrected chi connectivity index (χ0v) is 9.91. The van der Waals surface area contributed by atoms with Crippen LogP contribution in [0.4, 0.5) is 0 Å². The highest BCUT2D eigenvalue weighted by molar-refractivity contribution is 6.31. The third kappa shape index (κ3) is 1.92. The van der Waals surface area contributed by atoms with Gasteiger partial charge in [0.2, 0.25) is 0 Å². The molecule has 0 spiro atoms. The van der Waals surface area contributed by atoms with Gasteiger partial charge >= 0.3 is 0 Å². The van der Waals surface area contributed by atoms with Crippen LogP contribution in [0, 0.1) is 0 Å². The normalized spacial score (nSPS) is 27.6.